The van der Waals surface area contributed by atoms with Crippen molar-refractivity contribution < 1.29 is 23.6 Å². The Balaban J connectivity index is 0.852. The third kappa shape index (κ3) is 10.0. The monoisotopic (exact) mass is 949 g/mol. The van der Waals surface area contributed by atoms with E-state index in [1.54, 1.807) is 28.0 Å². The van der Waals surface area contributed by atoms with Gasteiger partial charge in [-0.25, -0.2) is 4.79 Å². The van der Waals surface area contributed by atoms with Gasteiger partial charge in [-0.2, -0.15) is 0 Å². The van der Waals surface area contributed by atoms with Crippen molar-refractivity contribution in [3.05, 3.63) is 172 Å². The van der Waals surface area contributed by atoms with Crippen molar-refractivity contribution in [1.82, 2.24) is 20.4 Å². The van der Waals surface area contributed by atoms with Crippen molar-refractivity contribution >= 4 is 81.1 Å². The molecule has 0 bridgehead atoms. The van der Waals surface area contributed by atoms with Crippen LogP contribution in [0.25, 0.3) is 17.0 Å². The fourth-order valence-electron chi connectivity index (χ4n) is 10.4. The Morgan fingerprint density at radius 1 is 0.735 bits per heavy atom. The Morgan fingerprint density at radius 2 is 1.37 bits per heavy atom. The van der Waals surface area contributed by atoms with Crippen molar-refractivity contribution in [2.75, 3.05) is 56.9 Å². The quantitative estimate of drug-likeness (QED) is 0.0532. The van der Waals surface area contributed by atoms with Gasteiger partial charge in [0.2, 0.25) is 5.91 Å². The summed E-state index contributed by atoms with van der Waals surface area (Å²) in [7, 11) is -2.66. The van der Waals surface area contributed by atoms with Crippen LogP contribution in [0, 0.1) is 0 Å². The second-order valence-corrected chi connectivity index (χ2v) is 22.3. The van der Waals surface area contributed by atoms with Gasteiger partial charge in [-0.15, -0.1) is 0 Å². The van der Waals surface area contributed by atoms with Crippen LogP contribution in [0.1, 0.15) is 58.3 Å². The summed E-state index contributed by atoms with van der Waals surface area (Å²) in [5, 5.41) is 10.6. The number of amides is 4. The Morgan fingerprint density at radius 3 is 2.01 bits per heavy atom. The Labute approximate surface area is 402 Å². The summed E-state index contributed by atoms with van der Waals surface area (Å²) in [6.45, 7) is 3.61. The van der Waals surface area contributed by atoms with Crippen LogP contribution in [0.3, 0.4) is 0 Å². The van der Waals surface area contributed by atoms with Crippen LogP contribution in [0.2, 0.25) is 0 Å². The van der Waals surface area contributed by atoms with Crippen LogP contribution < -0.4 is 37.1 Å². The number of rotatable bonds is 15. The van der Waals surface area contributed by atoms with E-state index in [-0.39, 0.29) is 36.4 Å². The minimum absolute atomic E-state index is 0.00532. The fourth-order valence-corrected chi connectivity index (χ4v) is 15.2. The van der Waals surface area contributed by atoms with E-state index in [0.717, 1.165) is 55.3 Å². The van der Waals surface area contributed by atoms with Crippen molar-refractivity contribution in [3.8, 4) is 0 Å². The first-order valence-electron chi connectivity index (χ1n) is 23.7. The van der Waals surface area contributed by atoms with E-state index in [0.29, 0.717) is 55.6 Å². The number of carbonyl (C=O) groups excluding carboxylic acids is 4. The van der Waals surface area contributed by atoms with Crippen LogP contribution in [0.5, 0.6) is 0 Å². The summed E-state index contributed by atoms with van der Waals surface area (Å²) < 4.78 is 5.92. The summed E-state index contributed by atoms with van der Waals surface area (Å²) in [5.41, 5.74) is 5.25. The van der Waals surface area contributed by atoms with Gasteiger partial charge in [0.05, 0.1) is 5.56 Å². The molecule has 3 aliphatic rings. The molecule has 0 unspecified atom stereocenters. The molecule has 0 saturated carbocycles. The van der Waals surface area contributed by atoms with Gasteiger partial charge in [-0.3, -0.25) is 4.79 Å². The van der Waals surface area contributed by atoms with E-state index in [2.05, 4.69) is 94.4 Å². The maximum absolute atomic E-state index is 14.3. The van der Waals surface area contributed by atoms with E-state index in [4.69, 9.17) is 16.0 Å². The maximum atomic E-state index is 14.3. The van der Waals surface area contributed by atoms with E-state index in [1.165, 1.54) is 39.3 Å². The molecule has 13 heteroatoms. The molecule has 1 aromatic heterocycles. The summed E-state index contributed by atoms with van der Waals surface area (Å²) in [5.74, 6) is -1.02. The standard InChI is InChI=1S/C55H57ClN5O6P/c56-38-39-13-10-14-41(35-39)53(64)58-48(54(65)57-27-34-68(44-16-4-1-5-17-44,45-18-6-2-7-19-45)46-20-8-3-9-21-46)24-26-50(63)60-32-30-59(31-33-60)49(62)25-23-42-37-43-36-40-15-11-28-61-29-12-22-47(51(40)61)52(43)67-55(42)66/h1-10,13-14,16-21,23,25,35-37,48,68H,11-12,15,22,24,26-34,38H2,(H,57,65)(H,58,64)/b25-23+/t48-/m0/s1. The third-order valence-corrected chi connectivity index (χ3v) is 19.1. The number of anilines is 1. The zero-order chi connectivity index (χ0) is 47.0. The molecule has 0 aliphatic carbocycles. The van der Waals surface area contributed by atoms with Crippen LogP contribution in [-0.2, 0) is 33.1 Å². The molecule has 4 heterocycles. The molecule has 68 heavy (non-hydrogen) atoms. The second kappa shape index (κ2) is 21.2. The molecular weight excluding hydrogens is 893 g/mol. The summed E-state index contributed by atoms with van der Waals surface area (Å²) in [6, 6.07) is 41.3. The van der Waals surface area contributed by atoms with Gasteiger partial charge in [-0.1, -0.05) is 0 Å². The zero-order valence-electron chi connectivity index (χ0n) is 38.1. The third-order valence-electron chi connectivity index (χ3n) is 13.8. The average molecular weight is 951 g/mol. The second-order valence-electron chi connectivity index (χ2n) is 17.9. The molecule has 6 aromatic rings. The molecule has 3 aliphatic heterocycles. The molecule has 1 fully saturated rings. The first-order chi connectivity index (χ1) is 33.2. The van der Waals surface area contributed by atoms with Crippen molar-refractivity contribution in [3.63, 3.8) is 0 Å². The molecule has 9 rings (SSSR count). The van der Waals surface area contributed by atoms with Crippen LogP contribution >= 0.6 is 18.9 Å². The molecule has 0 spiro atoms. The summed E-state index contributed by atoms with van der Waals surface area (Å²) in [6.07, 6.45) is 7.65. The SMILES string of the molecule is O=C(N[C@@H](CCC(=O)N1CCN(C(=O)/C=C/c2cc3cc4c5c(c3oc2=O)CCCN5CCC4)CC1)C(=O)NCC[PH](c1ccccc1)(c1ccccc1)c1ccccc1)c1cccc(CCl)c1. The van der Waals surface area contributed by atoms with Crippen molar-refractivity contribution in [2.24, 2.45) is 0 Å². The number of piperazine rings is 1. The molecule has 11 nitrogen and oxygen atoms in total. The van der Waals surface area contributed by atoms with Gasteiger partial charge in [-0.05, 0) is 49.5 Å². The number of hydrogen-bond donors (Lipinski definition) is 2. The van der Waals surface area contributed by atoms with Crippen LogP contribution in [0.4, 0.5) is 5.69 Å². The van der Waals surface area contributed by atoms with Gasteiger partial charge in [0.15, 0.2) is 0 Å². The first-order valence-corrected chi connectivity index (χ1v) is 26.5. The number of carbonyl (C=O) groups is 4. The van der Waals surface area contributed by atoms with E-state index in [9.17, 15) is 24.0 Å². The van der Waals surface area contributed by atoms with Crippen LogP contribution in [-0.4, -0.2) is 91.4 Å². The number of nitrogens with one attached hydrogen (secondary N) is 2. The number of hydrogen-bond acceptors (Lipinski definition) is 7. The van der Waals surface area contributed by atoms with E-state index < -0.39 is 24.8 Å². The number of alkyl halides is 1. The zero-order valence-corrected chi connectivity index (χ0v) is 39.9. The van der Waals surface area contributed by atoms with Gasteiger partial charge >= 0.3 is 283 Å². The molecular formula is C55H57ClN5O6P. The molecule has 2 N–H and O–H groups in total. The number of aryl methyl sites for hydroxylation is 2. The summed E-state index contributed by atoms with van der Waals surface area (Å²) in [4.78, 5) is 74.1. The van der Waals surface area contributed by atoms with Gasteiger partial charge in [0.1, 0.15) is 5.58 Å². The van der Waals surface area contributed by atoms with E-state index >= 15 is 0 Å². The normalized spacial score (nSPS) is 15.5. The average Bonchev–Trinajstić information content (AvgIpc) is 3.39. The van der Waals surface area contributed by atoms with Gasteiger partial charge in [0.25, 0.3) is 0 Å². The molecule has 1 atom stereocenters. The number of benzene rings is 5. The first kappa shape index (κ1) is 46.6. The van der Waals surface area contributed by atoms with Gasteiger partial charge in [0, 0.05) is 35.8 Å². The number of halogens is 1. The summed E-state index contributed by atoms with van der Waals surface area (Å²) >= 11 is 6.09. The van der Waals surface area contributed by atoms with Crippen molar-refractivity contribution in [1.29, 1.82) is 0 Å². The predicted molar refractivity (Wildman–Crippen MR) is 274 cm³/mol. The van der Waals surface area contributed by atoms with E-state index in [1.807, 2.05) is 30.3 Å². The van der Waals surface area contributed by atoms with Crippen LogP contribution in [0.15, 0.2) is 143 Å². The molecule has 0 radical (unpaired) electrons. The molecule has 5 aromatic carbocycles. The molecule has 4 amide bonds. The minimum atomic E-state index is -2.66. The number of nitrogens with zero attached hydrogens (tertiary/aromatic N) is 3. The van der Waals surface area contributed by atoms with Crippen molar-refractivity contribution in [2.45, 2.75) is 50.4 Å². The number of fused-ring (bicyclic) bond motifs is 2. The Bertz CT molecular complexity index is 2790. The predicted octanol–water partition coefficient (Wildman–Crippen LogP) is 6.34. The molecule has 350 valence electrons. The molecule has 1 saturated heterocycles. The Hall–Kier alpha value is -6.55. The fraction of sp³-hybridized carbons (Fsp3) is 0.291. The van der Waals surface area contributed by atoms with Gasteiger partial charge < -0.3 is 9.32 Å². The Kier molecular flexibility index (Phi) is 14.5. The topological polar surface area (TPSA) is 132 Å².